The monoisotopic (exact) mass is 328 g/mol. The number of likely N-dealkylation sites (tertiary alicyclic amines) is 1. The van der Waals surface area contributed by atoms with Crippen molar-refractivity contribution in [3.8, 4) is 5.75 Å². The summed E-state index contributed by atoms with van der Waals surface area (Å²) < 4.78 is 10.6. The molecule has 6 heteroatoms. The van der Waals surface area contributed by atoms with E-state index >= 15 is 0 Å². The number of hydrogen-bond acceptors (Lipinski definition) is 6. The number of ether oxygens (including phenoxy) is 1. The van der Waals surface area contributed by atoms with E-state index in [1.807, 2.05) is 6.92 Å². The van der Waals surface area contributed by atoms with Crippen LogP contribution < -0.4 is 10.1 Å². The fourth-order valence-corrected chi connectivity index (χ4v) is 3.58. The summed E-state index contributed by atoms with van der Waals surface area (Å²) in [4.78, 5) is 6.71. The van der Waals surface area contributed by atoms with E-state index in [9.17, 15) is 0 Å². The summed E-state index contributed by atoms with van der Waals surface area (Å²) in [5.41, 5.74) is 2.68. The van der Waals surface area contributed by atoms with Crippen LogP contribution in [0.1, 0.15) is 35.7 Å². The zero-order valence-electron chi connectivity index (χ0n) is 14.1. The minimum absolute atomic E-state index is 0.510. The fraction of sp³-hybridized carbons (Fsp3) is 0.556. The fourth-order valence-electron chi connectivity index (χ4n) is 3.58. The molecule has 4 rings (SSSR count). The van der Waals surface area contributed by atoms with Gasteiger partial charge in [-0.05, 0) is 36.6 Å². The second-order valence-electron chi connectivity index (χ2n) is 6.73. The van der Waals surface area contributed by atoms with Crippen molar-refractivity contribution in [1.29, 1.82) is 0 Å². The Bertz CT molecular complexity index is 700. The van der Waals surface area contributed by atoms with Gasteiger partial charge >= 0.3 is 0 Å². The van der Waals surface area contributed by atoms with E-state index < -0.39 is 0 Å². The van der Waals surface area contributed by atoms with Crippen molar-refractivity contribution >= 4 is 0 Å². The zero-order valence-corrected chi connectivity index (χ0v) is 14.1. The molecule has 0 radical (unpaired) electrons. The summed E-state index contributed by atoms with van der Waals surface area (Å²) in [5.74, 6) is 2.47. The van der Waals surface area contributed by atoms with E-state index in [0.717, 1.165) is 50.8 Å². The number of nitrogens with zero attached hydrogens (tertiary/aromatic N) is 3. The average Bonchev–Trinajstić information content (AvgIpc) is 3.21. The Morgan fingerprint density at radius 1 is 1.38 bits per heavy atom. The molecule has 0 spiro atoms. The minimum Gasteiger partial charge on any atom is -0.493 e. The molecule has 6 nitrogen and oxygen atoms in total. The molecule has 0 amide bonds. The van der Waals surface area contributed by atoms with Gasteiger partial charge in [0.1, 0.15) is 5.75 Å². The molecule has 2 aliphatic heterocycles. The second kappa shape index (κ2) is 6.91. The lowest BCUT2D eigenvalue weighted by atomic mass is 10.0. The van der Waals surface area contributed by atoms with Crippen LogP contribution in [0.4, 0.5) is 0 Å². The standard InChI is InChI=1S/C18H24N4O2/c1-13-20-18(21-24-13)12-22-7-2-3-16(11-22)19-10-14-4-5-17-15(9-14)6-8-23-17/h4-5,9,16,19H,2-3,6-8,10-12H2,1H3/t16-/m0/s1. The Morgan fingerprint density at radius 2 is 2.33 bits per heavy atom. The van der Waals surface area contributed by atoms with Gasteiger partial charge in [-0.2, -0.15) is 4.98 Å². The first-order valence-electron chi connectivity index (χ1n) is 8.76. The first-order valence-corrected chi connectivity index (χ1v) is 8.76. The van der Waals surface area contributed by atoms with E-state index in [4.69, 9.17) is 9.26 Å². The van der Waals surface area contributed by atoms with Gasteiger partial charge < -0.3 is 14.6 Å². The predicted octanol–water partition coefficient (Wildman–Crippen LogP) is 2.07. The van der Waals surface area contributed by atoms with Crippen molar-refractivity contribution in [3.63, 3.8) is 0 Å². The number of hydrogen-bond donors (Lipinski definition) is 1. The van der Waals surface area contributed by atoms with Gasteiger partial charge in [-0.25, -0.2) is 0 Å². The number of fused-ring (bicyclic) bond motifs is 1. The number of piperidine rings is 1. The van der Waals surface area contributed by atoms with Crippen LogP contribution in [0.2, 0.25) is 0 Å². The van der Waals surface area contributed by atoms with Gasteiger partial charge in [0.25, 0.3) is 0 Å². The minimum atomic E-state index is 0.510. The molecule has 3 heterocycles. The molecule has 128 valence electrons. The Hall–Kier alpha value is -1.92. The van der Waals surface area contributed by atoms with Crippen LogP contribution in [0.25, 0.3) is 0 Å². The summed E-state index contributed by atoms with van der Waals surface area (Å²) in [6.07, 6.45) is 3.45. The van der Waals surface area contributed by atoms with Gasteiger partial charge in [0.2, 0.25) is 5.89 Å². The molecule has 1 fully saturated rings. The van der Waals surface area contributed by atoms with Crippen LogP contribution in [0, 0.1) is 6.92 Å². The lowest BCUT2D eigenvalue weighted by Gasteiger charge is -2.32. The molecular weight excluding hydrogens is 304 g/mol. The smallest absolute Gasteiger partial charge is 0.223 e. The number of aryl methyl sites for hydroxylation is 1. The molecule has 0 bridgehead atoms. The molecular formula is C18H24N4O2. The Morgan fingerprint density at radius 3 is 3.21 bits per heavy atom. The number of rotatable bonds is 5. The van der Waals surface area contributed by atoms with Crippen LogP contribution >= 0.6 is 0 Å². The number of benzene rings is 1. The maximum atomic E-state index is 5.57. The van der Waals surface area contributed by atoms with E-state index in [-0.39, 0.29) is 0 Å². The normalized spacial score (nSPS) is 20.8. The molecule has 0 saturated carbocycles. The largest absolute Gasteiger partial charge is 0.493 e. The quantitative estimate of drug-likeness (QED) is 0.906. The highest BCUT2D eigenvalue weighted by atomic mass is 16.5. The van der Waals surface area contributed by atoms with Crippen molar-refractivity contribution in [2.45, 2.75) is 45.3 Å². The second-order valence-corrected chi connectivity index (χ2v) is 6.73. The molecule has 1 aromatic carbocycles. The molecule has 2 aliphatic rings. The third-order valence-corrected chi connectivity index (χ3v) is 4.79. The first kappa shape index (κ1) is 15.6. The van der Waals surface area contributed by atoms with Crippen molar-refractivity contribution in [2.75, 3.05) is 19.7 Å². The molecule has 1 saturated heterocycles. The van der Waals surface area contributed by atoms with Gasteiger partial charge in [-0.15, -0.1) is 0 Å². The molecule has 2 aromatic rings. The SMILES string of the molecule is Cc1nc(CN2CCC[C@H](NCc3ccc4c(c3)CCO4)C2)no1. The maximum Gasteiger partial charge on any atom is 0.223 e. The van der Waals surface area contributed by atoms with Crippen molar-refractivity contribution < 1.29 is 9.26 Å². The van der Waals surface area contributed by atoms with Crippen LogP contribution in [-0.4, -0.2) is 40.8 Å². The zero-order chi connectivity index (χ0) is 16.4. The predicted molar refractivity (Wildman–Crippen MR) is 89.8 cm³/mol. The van der Waals surface area contributed by atoms with E-state index in [1.54, 1.807) is 0 Å². The van der Waals surface area contributed by atoms with E-state index in [1.165, 1.54) is 24.0 Å². The highest BCUT2D eigenvalue weighted by molar-refractivity contribution is 5.39. The highest BCUT2D eigenvalue weighted by Gasteiger charge is 2.21. The Balaban J connectivity index is 1.30. The summed E-state index contributed by atoms with van der Waals surface area (Å²) in [6, 6.07) is 7.06. The van der Waals surface area contributed by atoms with Gasteiger partial charge in [-0.1, -0.05) is 17.3 Å². The number of aromatic nitrogens is 2. The summed E-state index contributed by atoms with van der Waals surface area (Å²) >= 11 is 0. The molecule has 1 N–H and O–H groups in total. The van der Waals surface area contributed by atoms with Gasteiger partial charge in [0.15, 0.2) is 5.82 Å². The van der Waals surface area contributed by atoms with Crippen LogP contribution in [0.3, 0.4) is 0 Å². The first-order chi connectivity index (χ1) is 11.8. The van der Waals surface area contributed by atoms with E-state index in [2.05, 4.69) is 38.6 Å². The van der Waals surface area contributed by atoms with Crippen LogP contribution in [0.15, 0.2) is 22.7 Å². The highest BCUT2D eigenvalue weighted by Crippen LogP contribution is 2.26. The molecule has 1 atom stereocenters. The molecule has 0 unspecified atom stereocenters. The van der Waals surface area contributed by atoms with Crippen molar-refractivity contribution in [3.05, 3.63) is 41.0 Å². The lowest BCUT2D eigenvalue weighted by molar-refractivity contribution is 0.177. The molecule has 24 heavy (non-hydrogen) atoms. The van der Waals surface area contributed by atoms with Crippen molar-refractivity contribution in [2.24, 2.45) is 0 Å². The van der Waals surface area contributed by atoms with E-state index in [0.29, 0.717) is 11.9 Å². The summed E-state index contributed by atoms with van der Waals surface area (Å²) in [7, 11) is 0. The lowest BCUT2D eigenvalue weighted by Crippen LogP contribution is -2.45. The Labute approximate surface area is 142 Å². The summed E-state index contributed by atoms with van der Waals surface area (Å²) in [6.45, 7) is 6.46. The van der Waals surface area contributed by atoms with Crippen molar-refractivity contribution in [1.82, 2.24) is 20.4 Å². The van der Waals surface area contributed by atoms with Crippen LogP contribution in [0.5, 0.6) is 5.75 Å². The number of nitrogens with one attached hydrogen (secondary N) is 1. The topological polar surface area (TPSA) is 63.4 Å². The van der Waals surface area contributed by atoms with Gasteiger partial charge in [-0.3, -0.25) is 4.90 Å². The molecule has 1 aromatic heterocycles. The third kappa shape index (κ3) is 3.60. The summed E-state index contributed by atoms with van der Waals surface area (Å²) in [5, 5.41) is 7.71. The average molecular weight is 328 g/mol. The third-order valence-electron chi connectivity index (χ3n) is 4.79. The maximum absolute atomic E-state index is 5.57. The molecule has 0 aliphatic carbocycles. The Kier molecular flexibility index (Phi) is 4.49. The van der Waals surface area contributed by atoms with Gasteiger partial charge in [0.05, 0.1) is 13.2 Å². The van der Waals surface area contributed by atoms with Gasteiger partial charge in [0, 0.05) is 32.5 Å². The van der Waals surface area contributed by atoms with Crippen LogP contribution in [-0.2, 0) is 19.5 Å².